The molecule has 98 valence electrons. The van der Waals surface area contributed by atoms with Crippen molar-refractivity contribution in [3.63, 3.8) is 0 Å². The van der Waals surface area contributed by atoms with Crippen LogP contribution in [0.3, 0.4) is 0 Å². The molecule has 1 rings (SSSR count). The number of carbonyl (C=O) groups is 1. The van der Waals surface area contributed by atoms with Gasteiger partial charge in [-0.15, -0.1) is 24.8 Å². The van der Waals surface area contributed by atoms with Crippen molar-refractivity contribution >= 4 is 36.4 Å². The van der Waals surface area contributed by atoms with Crippen molar-refractivity contribution in [2.75, 3.05) is 5.32 Å². The number of pyridine rings is 1. The third-order valence-corrected chi connectivity index (χ3v) is 2.34. The Hall–Kier alpha value is -0.840. The summed E-state index contributed by atoms with van der Waals surface area (Å²) in [6.45, 7) is 5.56. The van der Waals surface area contributed by atoms with E-state index in [1.54, 1.807) is 12.4 Å². The lowest BCUT2D eigenvalue weighted by Gasteiger charge is -2.15. The highest BCUT2D eigenvalue weighted by Gasteiger charge is 2.16. The SMILES string of the molecule is Cc1cncc(NC(=O)C(C)C(C)N)c1.Cl.Cl. The Balaban J connectivity index is 0. The first-order valence-electron chi connectivity index (χ1n) is 4.99. The average molecular weight is 280 g/mol. The fraction of sp³-hybridized carbons (Fsp3) is 0.455. The second kappa shape index (κ2) is 8.28. The number of nitrogens with zero attached hydrogens (tertiary/aromatic N) is 1. The minimum atomic E-state index is -0.203. The van der Waals surface area contributed by atoms with E-state index in [1.165, 1.54) is 0 Å². The van der Waals surface area contributed by atoms with E-state index in [9.17, 15) is 4.79 Å². The lowest BCUT2D eigenvalue weighted by atomic mass is 10.0. The first-order chi connectivity index (χ1) is 7.00. The fourth-order valence-corrected chi connectivity index (χ4v) is 1.12. The molecule has 1 amide bonds. The van der Waals surface area contributed by atoms with Crippen molar-refractivity contribution in [2.24, 2.45) is 11.7 Å². The van der Waals surface area contributed by atoms with Gasteiger partial charge in [0.2, 0.25) is 5.91 Å². The van der Waals surface area contributed by atoms with E-state index in [2.05, 4.69) is 10.3 Å². The van der Waals surface area contributed by atoms with Crippen LogP contribution in [0.5, 0.6) is 0 Å². The number of carbonyl (C=O) groups excluding carboxylic acids is 1. The molecule has 0 bridgehead atoms. The summed E-state index contributed by atoms with van der Waals surface area (Å²) >= 11 is 0. The van der Waals surface area contributed by atoms with Crippen molar-refractivity contribution < 1.29 is 4.79 Å². The van der Waals surface area contributed by atoms with Gasteiger partial charge in [0, 0.05) is 12.2 Å². The number of hydrogen-bond donors (Lipinski definition) is 2. The highest BCUT2D eigenvalue weighted by molar-refractivity contribution is 5.92. The maximum absolute atomic E-state index is 11.6. The molecule has 4 nitrogen and oxygen atoms in total. The van der Waals surface area contributed by atoms with Gasteiger partial charge < -0.3 is 11.1 Å². The maximum Gasteiger partial charge on any atom is 0.228 e. The van der Waals surface area contributed by atoms with Crippen LogP contribution < -0.4 is 11.1 Å². The van der Waals surface area contributed by atoms with Crippen LogP contribution in [0.4, 0.5) is 5.69 Å². The largest absolute Gasteiger partial charge is 0.327 e. The van der Waals surface area contributed by atoms with Crippen LogP contribution >= 0.6 is 24.8 Å². The minimum Gasteiger partial charge on any atom is -0.327 e. The zero-order valence-electron chi connectivity index (χ0n) is 10.1. The molecule has 0 fully saturated rings. The second-order valence-corrected chi connectivity index (χ2v) is 3.89. The normalized spacial score (nSPS) is 12.7. The Morgan fingerprint density at radius 1 is 1.35 bits per heavy atom. The van der Waals surface area contributed by atoms with E-state index in [-0.39, 0.29) is 42.7 Å². The fourth-order valence-electron chi connectivity index (χ4n) is 1.12. The van der Waals surface area contributed by atoms with Gasteiger partial charge in [-0.25, -0.2) is 0 Å². The van der Waals surface area contributed by atoms with E-state index in [4.69, 9.17) is 5.73 Å². The lowest BCUT2D eigenvalue weighted by Crippen LogP contribution is -2.34. The molecular weight excluding hydrogens is 261 g/mol. The van der Waals surface area contributed by atoms with Gasteiger partial charge in [-0.1, -0.05) is 6.92 Å². The van der Waals surface area contributed by atoms with Crippen molar-refractivity contribution in [3.8, 4) is 0 Å². The van der Waals surface area contributed by atoms with Crippen molar-refractivity contribution in [3.05, 3.63) is 24.0 Å². The second-order valence-electron chi connectivity index (χ2n) is 3.89. The molecule has 0 aliphatic heterocycles. The molecule has 0 spiro atoms. The van der Waals surface area contributed by atoms with Gasteiger partial charge in [0.15, 0.2) is 0 Å². The maximum atomic E-state index is 11.6. The Kier molecular flexibility index (Phi) is 9.02. The van der Waals surface area contributed by atoms with Gasteiger partial charge >= 0.3 is 0 Å². The molecule has 1 aromatic heterocycles. The van der Waals surface area contributed by atoms with Crippen LogP contribution in [-0.2, 0) is 4.79 Å². The average Bonchev–Trinajstić information content (AvgIpc) is 2.16. The number of rotatable bonds is 3. The van der Waals surface area contributed by atoms with Gasteiger partial charge in [0.05, 0.1) is 17.8 Å². The third kappa shape index (κ3) is 5.86. The molecule has 17 heavy (non-hydrogen) atoms. The minimum absolute atomic E-state index is 0. The number of nitrogens with one attached hydrogen (secondary N) is 1. The number of amides is 1. The van der Waals surface area contributed by atoms with Crippen LogP contribution in [0.15, 0.2) is 18.5 Å². The summed E-state index contributed by atoms with van der Waals surface area (Å²) in [5.74, 6) is -0.275. The smallest absolute Gasteiger partial charge is 0.228 e. The van der Waals surface area contributed by atoms with Gasteiger partial charge in [0.1, 0.15) is 0 Å². The highest BCUT2D eigenvalue weighted by atomic mass is 35.5. The molecule has 0 radical (unpaired) electrons. The van der Waals surface area contributed by atoms with E-state index in [0.29, 0.717) is 5.69 Å². The predicted molar refractivity (Wildman–Crippen MR) is 74.9 cm³/mol. The first kappa shape index (κ1) is 18.5. The molecule has 0 aromatic carbocycles. The molecule has 0 saturated carbocycles. The van der Waals surface area contributed by atoms with Crippen LogP contribution in [0.25, 0.3) is 0 Å². The number of aromatic nitrogens is 1. The molecular formula is C11H19Cl2N3O. The molecule has 0 saturated heterocycles. The number of aryl methyl sites for hydroxylation is 1. The first-order valence-corrected chi connectivity index (χ1v) is 4.99. The van der Waals surface area contributed by atoms with Gasteiger partial charge in [0.25, 0.3) is 0 Å². The monoisotopic (exact) mass is 279 g/mol. The summed E-state index contributed by atoms with van der Waals surface area (Å²) in [6, 6.07) is 1.72. The predicted octanol–water partition coefficient (Wildman–Crippen LogP) is 2.16. The number of halogens is 2. The van der Waals surface area contributed by atoms with Crippen molar-refractivity contribution in [2.45, 2.75) is 26.8 Å². The van der Waals surface area contributed by atoms with Crippen LogP contribution in [0.1, 0.15) is 19.4 Å². The van der Waals surface area contributed by atoms with E-state index >= 15 is 0 Å². The summed E-state index contributed by atoms with van der Waals surface area (Å²) in [6.07, 6.45) is 3.36. The summed E-state index contributed by atoms with van der Waals surface area (Å²) in [4.78, 5) is 15.6. The van der Waals surface area contributed by atoms with Gasteiger partial charge in [-0.3, -0.25) is 9.78 Å². The lowest BCUT2D eigenvalue weighted by molar-refractivity contribution is -0.119. The number of nitrogens with two attached hydrogens (primary N) is 1. The Labute approximate surface area is 114 Å². The van der Waals surface area contributed by atoms with Gasteiger partial charge in [-0.2, -0.15) is 0 Å². The number of hydrogen-bond acceptors (Lipinski definition) is 3. The van der Waals surface area contributed by atoms with E-state index in [1.807, 2.05) is 26.8 Å². The summed E-state index contributed by atoms with van der Waals surface area (Å²) in [5.41, 5.74) is 7.37. The van der Waals surface area contributed by atoms with Crippen LogP contribution in [0, 0.1) is 12.8 Å². The Morgan fingerprint density at radius 2 is 1.94 bits per heavy atom. The zero-order valence-corrected chi connectivity index (χ0v) is 11.8. The highest BCUT2D eigenvalue weighted by Crippen LogP contribution is 2.10. The summed E-state index contributed by atoms with van der Waals surface area (Å²) in [7, 11) is 0. The summed E-state index contributed by atoms with van der Waals surface area (Å²) in [5, 5.41) is 2.78. The third-order valence-electron chi connectivity index (χ3n) is 2.34. The Morgan fingerprint density at radius 3 is 2.41 bits per heavy atom. The molecule has 1 heterocycles. The topological polar surface area (TPSA) is 68.0 Å². The van der Waals surface area contributed by atoms with Crippen LogP contribution in [-0.4, -0.2) is 16.9 Å². The molecule has 2 unspecified atom stereocenters. The quantitative estimate of drug-likeness (QED) is 0.891. The Bertz CT molecular complexity index is 358. The van der Waals surface area contributed by atoms with Crippen LogP contribution in [0.2, 0.25) is 0 Å². The molecule has 6 heteroatoms. The summed E-state index contributed by atoms with van der Waals surface area (Å²) < 4.78 is 0. The van der Waals surface area contributed by atoms with Crippen molar-refractivity contribution in [1.29, 1.82) is 0 Å². The standard InChI is InChI=1S/C11H17N3O.2ClH/c1-7-4-10(6-13-5-7)14-11(15)8(2)9(3)12;;/h4-6,8-9H,12H2,1-3H3,(H,14,15);2*1H. The molecule has 0 aliphatic carbocycles. The molecule has 1 aromatic rings. The molecule has 0 aliphatic rings. The van der Waals surface area contributed by atoms with E-state index < -0.39 is 0 Å². The van der Waals surface area contributed by atoms with Crippen molar-refractivity contribution in [1.82, 2.24) is 4.98 Å². The van der Waals surface area contributed by atoms with Gasteiger partial charge in [-0.05, 0) is 25.5 Å². The number of anilines is 1. The molecule has 3 N–H and O–H groups in total. The van der Waals surface area contributed by atoms with E-state index in [0.717, 1.165) is 5.56 Å². The zero-order chi connectivity index (χ0) is 11.4. The molecule has 2 atom stereocenters.